The maximum atomic E-state index is 13.7. The molecule has 0 aliphatic carbocycles. The van der Waals surface area contributed by atoms with Crippen LogP contribution >= 0.6 is 15.9 Å². The van der Waals surface area contributed by atoms with E-state index in [4.69, 9.17) is 14.2 Å². The van der Waals surface area contributed by atoms with Gasteiger partial charge in [0.2, 0.25) is 5.95 Å². The smallest absolute Gasteiger partial charge is 0.355 e. The molecule has 0 saturated carbocycles. The Morgan fingerprint density at radius 1 is 1.03 bits per heavy atom. The van der Waals surface area contributed by atoms with Gasteiger partial charge in [0.05, 0.1) is 26.9 Å². The highest BCUT2D eigenvalue weighted by molar-refractivity contribution is 9.10. The van der Waals surface area contributed by atoms with Crippen molar-refractivity contribution in [2.24, 2.45) is 0 Å². The van der Waals surface area contributed by atoms with Crippen LogP contribution in [0.3, 0.4) is 0 Å². The molecule has 1 atom stereocenters. The number of carbonyl (C=O) groups is 2. The van der Waals surface area contributed by atoms with Crippen LogP contribution in [0.4, 0.5) is 5.95 Å². The fourth-order valence-electron chi connectivity index (χ4n) is 3.48. The summed E-state index contributed by atoms with van der Waals surface area (Å²) in [5, 5.41) is 14.5. The summed E-state index contributed by atoms with van der Waals surface area (Å²) in [7, 11) is 4.27. The van der Waals surface area contributed by atoms with E-state index in [-0.39, 0.29) is 23.0 Å². The lowest BCUT2D eigenvalue weighted by molar-refractivity contribution is -0.136. The van der Waals surface area contributed by atoms with Crippen LogP contribution in [0.2, 0.25) is 0 Å². The number of fused-ring (bicyclic) bond motifs is 1. The van der Waals surface area contributed by atoms with Crippen molar-refractivity contribution in [1.29, 1.82) is 0 Å². The number of ketones is 1. The Balaban J connectivity index is 1.95. The zero-order valence-corrected chi connectivity index (χ0v) is 18.9. The third-order valence-electron chi connectivity index (χ3n) is 4.98. The van der Waals surface area contributed by atoms with Gasteiger partial charge in [0.15, 0.2) is 17.3 Å². The number of ether oxygens (including phenoxy) is 3. The molecule has 32 heavy (non-hydrogen) atoms. The number of halogens is 1. The monoisotopic (exact) mass is 499 g/mol. The van der Waals surface area contributed by atoms with Gasteiger partial charge >= 0.3 is 5.97 Å². The quantitative estimate of drug-likeness (QED) is 0.403. The molecule has 0 spiro atoms. The number of methoxy groups -OCH3 is 3. The van der Waals surface area contributed by atoms with Crippen molar-refractivity contribution in [3.05, 3.63) is 69.3 Å². The zero-order valence-electron chi connectivity index (χ0n) is 17.3. The minimum Gasteiger partial charge on any atom is -0.493 e. The van der Waals surface area contributed by atoms with E-state index in [1.807, 2.05) is 0 Å². The van der Waals surface area contributed by atoms with Gasteiger partial charge in [-0.2, -0.15) is 4.68 Å². The molecule has 2 heterocycles. The lowest BCUT2D eigenvalue weighted by atomic mass is 9.89. The highest BCUT2D eigenvalue weighted by atomic mass is 79.9. The Hall–Kier alpha value is -3.73. The molecule has 1 aromatic heterocycles. The summed E-state index contributed by atoms with van der Waals surface area (Å²) in [5.41, 5.74) is 1.08. The molecule has 0 unspecified atom stereocenters. The number of tetrazole rings is 1. The van der Waals surface area contributed by atoms with E-state index in [9.17, 15) is 9.59 Å². The molecule has 3 aromatic rings. The number of Topliss-reactive ketones (excluding diaryl/α,β-unsaturated/α-hetero) is 1. The molecule has 1 aliphatic rings. The molecule has 0 saturated heterocycles. The molecule has 1 N–H and O–H groups in total. The Labute approximate surface area is 191 Å². The van der Waals surface area contributed by atoms with E-state index >= 15 is 0 Å². The second-order valence-corrected chi connectivity index (χ2v) is 7.62. The number of esters is 1. The van der Waals surface area contributed by atoms with Crippen molar-refractivity contribution in [1.82, 2.24) is 20.2 Å². The zero-order chi connectivity index (χ0) is 22.8. The van der Waals surface area contributed by atoms with E-state index in [1.165, 1.54) is 26.0 Å². The summed E-state index contributed by atoms with van der Waals surface area (Å²) in [6.07, 6.45) is 0. The SMILES string of the molecule is COC(=O)C1=C(C(=O)c2ccc(Br)cc2)[C@@H](c2ccc(OC)c(OC)c2)n2nnnc2N1. The second kappa shape index (κ2) is 8.79. The minimum atomic E-state index is -0.827. The molecule has 11 heteroatoms. The summed E-state index contributed by atoms with van der Waals surface area (Å²) < 4.78 is 17.9. The van der Waals surface area contributed by atoms with Crippen LogP contribution in [0.15, 0.2) is 58.2 Å². The van der Waals surface area contributed by atoms with Crippen molar-refractivity contribution in [2.75, 3.05) is 26.6 Å². The molecular formula is C21H18BrN5O5. The topological polar surface area (TPSA) is 117 Å². The number of aromatic nitrogens is 4. The van der Waals surface area contributed by atoms with E-state index in [2.05, 4.69) is 36.8 Å². The minimum absolute atomic E-state index is 0.0393. The van der Waals surface area contributed by atoms with Gasteiger partial charge in [-0.05, 0) is 52.4 Å². The average molecular weight is 500 g/mol. The summed E-state index contributed by atoms with van der Waals surface area (Å²) in [5.74, 6) is 0.0577. The Morgan fingerprint density at radius 2 is 1.75 bits per heavy atom. The molecule has 4 rings (SSSR count). The van der Waals surface area contributed by atoms with Gasteiger partial charge in [-0.25, -0.2) is 4.79 Å². The molecule has 0 amide bonds. The van der Waals surface area contributed by atoms with Crippen LogP contribution in [0, 0.1) is 0 Å². The number of hydrogen-bond donors (Lipinski definition) is 1. The van der Waals surface area contributed by atoms with Crippen LogP contribution < -0.4 is 14.8 Å². The van der Waals surface area contributed by atoms with Crippen LogP contribution in [0.1, 0.15) is 22.0 Å². The normalized spacial score (nSPS) is 14.9. The van der Waals surface area contributed by atoms with Crippen molar-refractivity contribution in [3.63, 3.8) is 0 Å². The predicted octanol–water partition coefficient (Wildman–Crippen LogP) is 2.78. The largest absolute Gasteiger partial charge is 0.493 e. The lowest BCUT2D eigenvalue weighted by Gasteiger charge is -2.28. The number of allylic oxidation sites excluding steroid dienone is 1. The average Bonchev–Trinajstić information content (AvgIpc) is 3.30. The molecule has 0 fully saturated rings. The van der Waals surface area contributed by atoms with Gasteiger partial charge in [0.25, 0.3) is 0 Å². The van der Waals surface area contributed by atoms with E-state index in [0.717, 1.165) is 4.47 Å². The molecule has 2 aromatic carbocycles. The fourth-order valence-corrected chi connectivity index (χ4v) is 3.74. The number of carbonyl (C=O) groups excluding carboxylic acids is 2. The van der Waals surface area contributed by atoms with Gasteiger partial charge in [0, 0.05) is 10.0 Å². The van der Waals surface area contributed by atoms with Crippen molar-refractivity contribution in [3.8, 4) is 11.5 Å². The molecular weight excluding hydrogens is 482 g/mol. The van der Waals surface area contributed by atoms with E-state index in [1.54, 1.807) is 42.5 Å². The summed E-state index contributed by atoms with van der Waals surface area (Å²) >= 11 is 3.36. The van der Waals surface area contributed by atoms with Gasteiger partial charge in [0.1, 0.15) is 11.7 Å². The Bertz CT molecular complexity index is 1220. The number of nitrogens with zero attached hydrogens (tertiary/aromatic N) is 4. The van der Waals surface area contributed by atoms with E-state index < -0.39 is 12.0 Å². The Kier molecular flexibility index (Phi) is 5.91. The first-order chi connectivity index (χ1) is 15.5. The van der Waals surface area contributed by atoms with Crippen LogP contribution in [-0.4, -0.2) is 53.3 Å². The number of rotatable bonds is 6. The number of hydrogen-bond acceptors (Lipinski definition) is 9. The second-order valence-electron chi connectivity index (χ2n) is 6.71. The summed E-state index contributed by atoms with van der Waals surface area (Å²) in [4.78, 5) is 26.4. The molecule has 0 bridgehead atoms. The Morgan fingerprint density at radius 3 is 2.41 bits per heavy atom. The third-order valence-corrected chi connectivity index (χ3v) is 5.51. The first kappa shape index (κ1) is 21.5. The molecule has 10 nitrogen and oxygen atoms in total. The van der Waals surface area contributed by atoms with Crippen molar-refractivity contribution in [2.45, 2.75) is 6.04 Å². The van der Waals surface area contributed by atoms with Gasteiger partial charge in [-0.3, -0.25) is 4.79 Å². The maximum absolute atomic E-state index is 13.7. The fraction of sp³-hybridized carbons (Fsp3) is 0.190. The summed E-state index contributed by atoms with van der Waals surface area (Å²) in [6.45, 7) is 0. The highest BCUT2D eigenvalue weighted by Crippen LogP contribution is 2.39. The first-order valence-electron chi connectivity index (χ1n) is 9.38. The maximum Gasteiger partial charge on any atom is 0.355 e. The summed E-state index contributed by atoms with van der Waals surface area (Å²) in [6, 6.07) is 11.2. The van der Waals surface area contributed by atoms with E-state index in [0.29, 0.717) is 22.6 Å². The number of anilines is 1. The van der Waals surface area contributed by atoms with Crippen LogP contribution in [-0.2, 0) is 9.53 Å². The molecule has 164 valence electrons. The lowest BCUT2D eigenvalue weighted by Crippen LogP contribution is -2.33. The first-order valence-corrected chi connectivity index (χ1v) is 10.2. The van der Waals surface area contributed by atoms with Crippen molar-refractivity contribution >= 4 is 33.6 Å². The van der Waals surface area contributed by atoms with Gasteiger partial charge < -0.3 is 19.5 Å². The predicted molar refractivity (Wildman–Crippen MR) is 117 cm³/mol. The van der Waals surface area contributed by atoms with Gasteiger partial charge in [-0.1, -0.05) is 27.1 Å². The van der Waals surface area contributed by atoms with Crippen molar-refractivity contribution < 1.29 is 23.8 Å². The number of nitrogens with one attached hydrogen (secondary N) is 1. The highest BCUT2D eigenvalue weighted by Gasteiger charge is 2.38. The number of benzene rings is 2. The van der Waals surface area contributed by atoms with Crippen LogP contribution in [0.5, 0.6) is 11.5 Å². The molecule has 1 aliphatic heterocycles. The van der Waals surface area contributed by atoms with Crippen LogP contribution in [0.25, 0.3) is 0 Å². The van der Waals surface area contributed by atoms with Gasteiger partial charge in [-0.15, -0.1) is 0 Å². The standard InChI is InChI=1S/C21H18BrN5O5/c1-30-14-9-6-12(10-15(14)31-2)18-16(19(28)11-4-7-13(22)8-5-11)17(20(29)32-3)23-21-24-25-26-27(18)21/h4-10,18H,1-3H3,(H,23,24,26)/t18-/m1/s1. The third kappa shape index (κ3) is 3.71. The molecule has 0 radical (unpaired) electrons.